The second-order valence-electron chi connectivity index (χ2n) is 3.93. The molecule has 0 N–H and O–H groups in total. The highest BCUT2D eigenvalue weighted by atomic mass is 15.3. The Labute approximate surface area is 101 Å². The Kier molecular flexibility index (Phi) is 3.32. The highest BCUT2D eigenvalue weighted by molar-refractivity contribution is 5.48. The first-order valence-electron chi connectivity index (χ1n) is 5.71. The lowest BCUT2D eigenvalue weighted by atomic mass is 10.1. The number of azo groups is 1. The molecule has 0 atom stereocenters. The number of benzene rings is 1. The summed E-state index contributed by atoms with van der Waals surface area (Å²) in [5.41, 5.74) is 3.28. The van der Waals surface area contributed by atoms with Gasteiger partial charge in [0.15, 0.2) is 0 Å². The van der Waals surface area contributed by atoms with Gasteiger partial charge in [-0.25, -0.2) is 4.98 Å². The van der Waals surface area contributed by atoms with Crippen molar-refractivity contribution in [1.29, 1.82) is 0 Å². The van der Waals surface area contributed by atoms with E-state index in [0.29, 0.717) is 5.95 Å². The largest absolute Gasteiger partial charge is 0.315 e. The van der Waals surface area contributed by atoms with Crippen molar-refractivity contribution in [3.05, 3.63) is 41.7 Å². The number of aryl methyl sites for hydroxylation is 2. The van der Waals surface area contributed by atoms with Gasteiger partial charge in [0.2, 0.25) is 5.95 Å². The average molecular weight is 228 g/mol. The van der Waals surface area contributed by atoms with Crippen LogP contribution in [0.15, 0.2) is 40.8 Å². The van der Waals surface area contributed by atoms with Crippen molar-refractivity contribution in [1.82, 2.24) is 9.55 Å². The predicted octanol–water partition coefficient (Wildman–Crippen LogP) is 3.94. The van der Waals surface area contributed by atoms with Crippen LogP contribution in [0.4, 0.5) is 11.6 Å². The molecule has 0 fully saturated rings. The third-order valence-electron chi connectivity index (χ3n) is 2.86. The SMILES string of the molecule is CCn1ccnc1N=Nc1cccc(C)c1C. The van der Waals surface area contributed by atoms with E-state index in [1.54, 1.807) is 6.20 Å². The van der Waals surface area contributed by atoms with Gasteiger partial charge < -0.3 is 4.57 Å². The summed E-state index contributed by atoms with van der Waals surface area (Å²) >= 11 is 0. The minimum atomic E-state index is 0.647. The van der Waals surface area contributed by atoms with E-state index in [0.717, 1.165) is 17.8 Å². The van der Waals surface area contributed by atoms with Gasteiger partial charge in [0.1, 0.15) is 0 Å². The molecular formula is C13H16N4. The standard InChI is InChI=1S/C13H16N4/c1-4-17-9-8-14-13(17)16-15-12-7-5-6-10(2)11(12)3/h5-9H,4H2,1-3H3. The molecule has 17 heavy (non-hydrogen) atoms. The molecule has 0 unspecified atom stereocenters. The minimum Gasteiger partial charge on any atom is -0.315 e. The maximum atomic E-state index is 4.26. The molecule has 0 saturated carbocycles. The van der Waals surface area contributed by atoms with Gasteiger partial charge in [-0.3, -0.25) is 0 Å². The lowest BCUT2D eigenvalue weighted by Gasteiger charge is -2.02. The Bertz CT molecular complexity index is 540. The van der Waals surface area contributed by atoms with Gasteiger partial charge in [0.05, 0.1) is 5.69 Å². The van der Waals surface area contributed by atoms with Crippen molar-refractivity contribution >= 4 is 11.6 Å². The summed E-state index contributed by atoms with van der Waals surface area (Å²) < 4.78 is 1.95. The Morgan fingerprint density at radius 2 is 2.06 bits per heavy atom. The van der Waals surface area contributed by atoms with Gasteiger partial charge in [0.25, 0.3) is 0 Å². The molecule has 0 amide bonds. The summed E-state index contributed by atoms with van der Waals surface area (Å²) in [6.07, 6.45) is 3.64. The first-order chi connectivity index (χ1) is 8.22. The Morgan fingerprint density at radius 1 is 1.24 bits per heavy atom. The van der Waals surface area contributed by atoms with Crippen LogP contribution in [0.3, 0.4) is 0 Å². The third kappa shape index (κ3) is 2.41. The lowest BCUT2D eigenvalue weighted by Crippen LogP contribution is -1.89. The molecule has 0 saturated heterocycles. The number of nitrogens with zero attached hydrogens (tertiary/aromatic N) is 4. The van der Waals surface area contributed by atoms with Gasteiger partial charge in [-0.1, -0.05) is 12.1 Å². The fourth-order valence-corrected chi connectivity index (χ4v) is 1.59. The molecule has 0 aliphatic heterocycles. The van der Waals surface area contributed by atoms with E-state index in [1.807, 2.05) is 22.9 Å². The second kappa shape index (κ2) is 4.91. The molecule has 4 heteroatoms. The summed E-state index contributed by atoms with van der Waals surface area (Å²) in [6.45, 7) is 7.02. The molecule has 0 aliphatic rings. The molecule has 2 rings (SSSR count). The van der Waals surface area contributed by atoms with E-state index in [-0.39, 0.29) is 0 Å². The normalized spacial score (nSPS) is 11.2. The Hall–Kier alpha value is -1.97. The van der Waals surface area contributed by atoms with Crippen LogP contribution in [0, 0.1) is 13.8 Å². The van der Waals surface area contributed by atoms with Crippen LogP contribution in [-0.4, -0.2) is 9.55 Å². The van der Waals surface area contributed by atoms with Crippen LogP contribution < -0.4 is 0 Å². The third-order valence-corrected chi connectivity index (χ3v) is 2.86. The molecule has 1 heterocycles. The first kappa shape index (κ1) is 11.5. The van der Waals surface area contributed by atoms with Crippen molar-refractivity contribution in [2.45, 2.75) is 27.3 Å². The van der Waals surface area contributed by atoms with Gasteiger partial charge in [-0.15, -0.1) is 10.2 Å². The Balaban J connectivity index is 2.29. The highest BCUT2D eigenvalue weighted by Gasteiger charge is 2.01. The fraction of sp³-hybridized carbons (Fsp3) is 0.308. The zero-order valence-corrected chi connectivity index (χ0v) is 10.4. The van der Waals surface area contributed by atoms with Crippen LogP contribution >= 0.6 is 0 Å². The maximum absolute atomic E-state index is 4.26. The maximum Gasteiger partial charge on any atom is 0.249 e. The zero-order chi connectivity index (χ0) is 12.3. The van der Waals surface area contributed by atoms with E-state index in [2.05, 4.69) is 42.1 Å². The van der Waals surface area contributed by atoms with Crippen LogP contribution in [0.1, 0.15) is 18.1 Å². The molecule has 2 aromatic rings. The molecule has 0 bridgehead atoms. The molecule has 88 valence electrons. The molecule has 0 aliphatic carbocycles. The molecular weight excluding hydrogens is 212 g/mol. The summed E-state index contributed by atoms with van der Waals surface area (Å²) in [6, 6.07) is 6.02. The van der Waals surface area contributed by atoms with Gasteiger partial charge in [0, 0.05) is 18.9 Å². The molecule has 1 aromatic heterocycles. The summed E-state index contributed by atoms with van der Waals surface area (Å²) in [7, 11) is 0. The lowest BCUT2D eigenvalue weighted by molar-refractivity contribution is 0.758. The van der Waals surface area contributed by atoms with Crippen LogP contribution in [-0.2, 0) is 6.54 Å². The van der Waals surface area contributed by atoms with Gasteiger partial charge >= 0.3 is 0 Å². The second-order valence-corrected chi connectivity index (χ2v) is 3.93. The van der Waals surface area contributed by atoms with E-state index < -0.39 is 0 Å². The summed E-state index contributed by atoms with van der Waals surface area (Å²) in [5.74, 6) is 0.647. The number of imidazole rings is 1. The number of rotatable bonds is 3. The molecule has 0 radical (unpaired) electrons. The highest BCUT2D eigenvalue weighted by Crippen LogP contribution is 2.23. The minimum absolute atomic E-state index is 0.647. The monoisotopic (exact) mass is 228 g/mol. The van der Waals surface area contributed by atoms with Crippen molar-refractivity contribution < 1.29 is 0 Å². The number of hydrogen-bond donors (Lipinski definition) is 0. The fourth-order valence-electron chi connectivity index (χ4n) is 1.59. The van der Waals surface area contributed by atoms with Gasteiger partial charge in [-0.2, -0.15) is 0 Å². The molecule has 1 aromatic carbocycles. The van der Waals surface area contributed by atoms with Crippen LogP contribution in [0.5, 0.6) is 0 Å². The number of aromatic nitrogens is 2. The van der Waals surface area contributed by atoms with E-state index in [1.165, 1.54) is 5.56 Å². The quantitative estimate of drug-likeness (QED) is 0.734. The van der Waals surface area contributed by atoms with E-state index in [4.69, 9.17) is 0 Å². The van der Waals surface area contributed by atoms with Gasteiger partial charge in [-0.05, 0) is 38.0 Å². The smallest absolute Gasteiger partial charge is 0.249 e. The molecule has 4 nitrogen and oxygen atoms in total. The van der Waals surface area contributed by atoms with Crippen molar-refractivity contribution in [2.24, 2.45) is 10.2 Å². The first-order valence-corrected chi connectivity index (χ1v) is 5.71. The van der Waals surface area contributed by atoms with Crippen LogP contribution in [0.2, 0.25) is 0 Å². The predicted molar refractivity (Wildman–Crippen MR) is 68.0 cm³/mol. The van der Waals surface area contributed by atoms with E-state index >= 15 is 0 Å². The van der Waals surface area contributed by atoms with Crippen molar-refractivity contribution in [2.75, 3.05) is 0 Å². The average Bonchev–Trinajstić information content (AvgIpc) is 2.78. The summed E-state index contributed by atoms with van der Waals surface area (Å²) in [5, 5.41) is 8.45. The topological polar surface area (TPSA) is 42.5 Å². The summed E-state index contributed by atoms with van der Waals surface area (Å²) in [4.78, 5) is 4.16. The van der Waals surface area contributed by atoms with Crippen molar-refractivity contribution in [3.8, 4) is 0 Å². The Morgan fingerprint density at radius 3 is 2.82 bits per heavy atom. The molecule has 0 spiro atoms. The van der Waals surface area contributed by atoms with Crippen molar-refractivity contribution in [3.63, 3.8) is 0 Å². The van der Waals surface area contributed by atoms with E-state index in [9.17, 15) is 0 Å². The van der Waals surface area contributed by atoms with Crippen LogP contribution in [0.25, 0.3) is 0 Å². The zero-order valence-electron chi connectivity index (χ0n) is 10.4. The number of hydrogen-bond acceptors (Lipinski definition) is 3.